The lowest BCUT2D eigenvalue weighted by Gasteiger charge is -2.26. The third kappa shape index (κ3) is 5.36. The summed E-state index contributed by atoms with van der Waals surface area (Å²) in [7, 11) is 0. The SMILES string of the molecule is CCOC(=O)C1=C(COC(=O)c2ccc(=O)n(Cc3ccccc3Cl)c2)NC(=O)N[C@@H]1C. The van der Waals surface area contributed by atoms with Gasteiger partial charge in [-0.1, -0.05) is 29.8 Å². The van der Waals surface area contributed by atoms with E-state index in [1.807, 2.05) is 0 Å². The molecular weight excluding hydrogens is 438 g/mol. The molecule has 1 aliphatic rings. The van der Waals surface area contributed by atoms with Crippen molar-refractivity contribution in [2.24, 2.45) is 0 Å². The van der Waals surface area contributed by atoms with Gasteiger partial charge in [0, 0.05) is 17.3 Å². The Labute approximate surface area is 189 Å². The molecule has 0 radical (unpaired) electrons. The number of nitrogens with one attached hydrogen (secondary N) is 2. The lowest BCUT2D eigenvalue weighted by atomic mass is 10.0. The molecule has 0 fully saturated rings. The Morgan fingerprint density at radius 3 is 2.56 bits per heavy atom. The summed E-state index contributed by atoms with van der Waals surface area (Å²) >= 11 is 6.16. The number of rotatable bonds is 7. The number of ether oxygens (including phenoxy) is 2. The molecule has 0 spiro atoms. The minimum atomic E-state index is -0.728. The number of nitrogens with zero attached hydrogens (tertiary/aromatic N) is 1. The number of hydrogen-bond donors (Lipinski definition) is 2. The van der Waals surface area contributed by atoms with E-state index in [2.05, 4.69) is 10.6 Å². The van der Waals surface area contributed by atoms with Crippen LogP contribution in [0, 0.1) is 0 Å². The number of urea groups is 1. The molecule has 1 aromatic heterocycles. The van der Waals surface area contributed by atoms with Crippen LogP contribution in [0.3, 0.4) is 0 Å². The fourth-order valence-corrected chi connectivity index (χ4v) is 3.40. The van der Waals surface area contributed by atoms with Gasteiger partial charge in [-0.05, 0) is 31.5 Å². The van der Waals surface area contributed by atoms with Gasteiger partial charge in [0.05, 0.1) is 36.0 Å². The third-order valence-electron chi connectivity index (χ3n) is 4.73. The first kappa shape index (κ1) is 23.1. The Balaban J connectivity index is 1.78. The molecule has 2 amide bonds. The molecule has 0 bridgehead atoms. The minimum Gasteiger partial charge on any atom is -0.463 e. The normalized spacial score (nSPS) is 15.6. The highest BCUT2D eigenvalue weighted by Crippen LogP contribution is 2.17. The number of benzene rings is 1. The number of carbonyl (C=O) groups is 3. The van der Waals surface area contributed by atoms with E-state index in [1.165, 1.54) is 22.9 Å². The van der Waals surface area contributed by atoms with Crippen LogP contribution in [0.2, 0.25) is 5.02 Å². The van der Waals surface area contributed by atoms with E-state index in [0.717, 1.165) is 5.56 Å². The average Bonchev–Trinajstić information content (AvgIpc) is 2.74. The van der Waals surface area contributed by atoms with Crippen LogP contribution in [0.25, 0.3) is 0 Å². The van der Waals surface area contributed by atoms with Crippen LogP contribution in [-0.4, -0.2) is 41.8 Å². The molecule has 0 aliphatic carbocycles. The van der Waals surface area contributed by atoms with E-state index < -0.39 is 24.0 Å². The maximum atomic E-state index is 12.6. The summed E-state index contributed by atoms with van der Waals surface area (Å²) in [6, 6.07) is 8.53. The van der Waals surface area contributed by atoms with Gasteiger partial charge in [0.15, 0.2) is 0 Å². The van der Waals surface area contributed by atoms with Gasteiger partial charge in [-0.25, -0.2) is 14.4 Å². The molecule has 1 aromatic carbocycles. The fraction of sp³-hybridized carbons (Fsp3) is 0.273. The molecule has 0 saturated carbocycles. The molecule has 0 saturated heterocycles. The molecule has 2 heterocycles. The second kappa shape index (κ2) is 10.1. The molecule has 1 aliphatic heterocycles. The first-order chi connectivity index (χ1) is 15.3. The molecule has 32 heavy (non-hydrogen) atoms. The number of halogens is 1. The maximum absolute atomic E-state index is 12.6. The van der Waals surface area contributed by atoms with Gasteiger partial charge in [0.1, 0.15) is 6.61 Å². The highest BCUT2D eigenvalue weighted by atomic mass is 35.5. The van der Waals surface area contributed by atoms with E-state index in [1.54, 1.807) is 38.1 Å². The van der Waals surface area contributed by atoms with Gasteiger partial charge in [0.25, 0.3) is 5.56 Å². The summed E-state index contributed by atoms with van der Waals surface area (Å²) in [6.45, 7) is 3.26. The molecule has 3 rings (SSSR count). The minimum absolute atomic E-state index is 0.128. The lowest BCUT2D eigenvalue weighted by Crippen LogP contribution is -2.50. The Kier molecular flexibility index (Phi) is 7.32. The summed E-state index contributed by atoms with van der Waals surface area (Å²) in [5, 5.41) is 5.55. The molecule has 10 heteroatoms. The van der Waals surface area contributed by atoms with Crippen LogP contribution in [0.4, 0.5) is 4.79 Å². The number of hydrogen-bond acceptors (Lipinski definition) is 6. The second-order valence-corrected chi connectivity index (χ2v) is 7.39. The van der Waals surface area contributed by atoms with Crippen molar-refractivity contribution in [3.05, 3.63) is 80.4 Å². The first-order valence-electron chi connectivity index (χ1n) is 9.88. The van der Waals surface area contributed by atoms with Gasteiger partial charge in [-0.3, -0.25) is 4.79 Å². The lowest BCUT2D eigenvalue weighted by molar-refractivity contribution is -0.139. The molecule has 0 unspecified atom stereocenters. The number of carbonyl (C=O) groups excluding carboxylic acids is 3. The molecular formula is C22H22ClN3O6. The molecule has 2 aromatic rings. The Morgan fingerprint density at radius 2 is 1.84 bits per heavy atom. The van der Waals surface area contributed by atoms with Crippen molar-refractivity contribution in [2.75, 3.05) is 13.2 Å². The van der Waals surface area contributed by atoms with E-state index in [-0.39, 0.29) is 42.2 Å². The molecule has 9 nitrogen and oxygen atoms in total. The summed E-state index contributed by atoms with van der Waals surface area (Å²) < 4.78 is 11.7. The monoisotopic (exact) mass is 459 g/mol. The summed E-state index contributed by atoms with van der Waals surface area (Å²) in [6.07, 6.45) is 1.37. The van der Waals surface area contributed by atoms with Crippen LogP contribution in [0.5, 0.6) is 0 Å². The fourth-order valence-electron chi connectivity index (χ4n) is 3.20. The molecule has 2 N–H and O–H groups in total. The predicted molar refractivity (Wildman–Crippen MR) is 116 cm³/mol. The number of aromatic nitrogens is 1. The summed E-state index contributed by atoms with van der Waals surface area (Å²) in [5.74, 6) is -1.35. The average molecular weight is 460 g/mol. The zero-order valence-corrected chi connectivity index (χ0v) is 18.3. The quantitative estimate of drug-likeness (QED) is 0.613. The third-order valence-corrected chi connectivity index (χ3v) is 5.10. The van der Waals surface area contributed by atoms with Crippen molar-refractivity contribution in [1.82, 2.24) is 15.2 Å². The van der Waals surface area contributed by atoms with Crippen molar-refractivity contribution < 1.29 is 23.9 Å². The first-order valence-corrected chi connectivity index (χ1v) is 10.3. The van der Waals surface area contributed by atoms with Crippen molar-refractivity contribution in [2.45, 2.75) is 26.4 Å². The van der Waals surface area contributed by atoms with Crippen molar-refractivity contribution >= 4 is 29.6 Å². The zero-order chi connectivity index (χ0) is 23.3. The summed E-state index contributed by atoms with van der Waals surface area (Å²) in [5.41, 5.74) is 0.842. The van der Waals surface area contributed by atoms with Gasteiger partial charge < -0.3 is 24.7 Å². The molecule has 168 valence electrons. The topological polar surface area (TPSA) is 116 Å². The van der Waals surface area contributed by atoms with E-state index in [4.69, 9.17) is 21.1 Å². The van der Waals surface area contributed by atoms with E-state index >= 15 is 0 Å². The number of esters is 2. The highest BCUT2D eigenvalue weighted by molar-refractivity contribution is 6.31. The van der Waals surface area contributed by atoms with Gasteiger partial charge >= 0.3 is 18.0 Å². The maximum Gasteiger partial charge on any atom is 0.340 e. The van der Waals surface area contributed by atoms with Gasteiger partial charge in [-0.2, -0.15) is 0 Å². The number of amides is 2. The Hall–Kier alpha value is -3.59. The Bertz CT molecular complexity index is 1140. The van der Waals surface area contributed by atoms with Crippen molar-refractivity contribution in [3.8, 4) is 0 Å². The predicted octanol–water partition coefficient (Wildman–Crippen LogP) is 2.23. The van der Waals surface area contributed by atoms with Crippen LogP contribution in [0.15, 0.2) is 58.7 Å². The zero-order valence-electron chi connectivity index (χ0n) is 17.5. The van der Waals surface area contributed by atoms with Crippen LogP contribution in [0.1, 0.15) is 29.8 Å². The van der Waals surface area contributed by atoms with Gasteiger partial charge in [0.2, 0.25) is 0 Å². The molecule has 1 atom stereocenters. The van der Waals surface area contributed by atoms with Crippen LogP contribution >= 0.6 is 11.6 Å². The van der Waals surface area contributed by atoms with Crippen molar-refractivity contribution in [3.63, 3.8) is 0 Å². The van der Waals surface area contributed by atoms with Gasteiger partial charge in [-0.15, -0.1) is 0 Å². The van der Waals surface area contributed by atoms with E-state index in [9.17, 15) is 19.2 Å². The smallest absolute Gasteiger partial charge is 0.340 e. The second-order valence-electron chi connectivity index (χ2n) is 6.98. The summed E-state index contributed by atoms with van der Waals surface area (Å²) in [4.78, 5) is 48.9. The Morgan fingerprint density at radius 1 is 1.09 bits per heavy atom. The van der Waals surface area contributed by atoms with Crippen LogP contribution < -0.4 is 16.2 Å². The highest BCUT2D eigenvalue weighted by Gasteiger charge is 2.30. The number of pyridine rings is 1. The van der Waals surface area contributed by atoms with Crippen molar-refractivity contribution in [1.29, 1.82) is 0 Å². The largest absolute Gasteiger partial charge is 0.463 e. The van der Waals surface area contributed by atoms with E-state index in [0.29, 0.717) is 5.02 Å². The van der Waals surface area contributed by atoms with Crippen LogP contribution in [-0.2, 0) is 20.8 Å². The standard InChI is InChI=1S/C22H22ClN3O6/c1-3-31-21(29)19-13(2)24-22(30)25-17(19)12-32-20(28)15-8-9-18(27)26(11-15)10-14-6-4-5-7-16(14)23/h4-9,11,13H,3,10,12H2,1-2H3,(H2,24,25,30)/t13-/m1/s1.